The summed E-state index contributed by atoms with van der Waals surface area (Å²) in [5.74, 6) is 0.280. The summed E-state index contributed by atoms with van der Waals surface area (Å²) in [6.45, 7) is 0.145. The number of carbonyl (C=O) groups is 1. The molecule has 0 aliphatic rings. The van der Waals surface area contributed by atoms with Crippen LogP contribution < -0.4 is 4.74 Å². The van der Waals surface area contributed by atoms with Crippen molar-refractivity contribution >= 4 is 22.2 Å². The van der Waals surface area contributed by atoms with Crippen molar-refractivity contribution in [3.63, 3.8) is 0 Å². The fourth-order valence-corrected chi connectivity index (χ4v) is 1.87. The number of ether oxygens (including phenoxy) is 1. The van der Waals surface area contributed by atoms with Crippen molar-refractivity contribution in [1.29, 1.82) is 0 Å². The van der Waals surface area contributed by atoms with Gasteiger partial charge in [-0.3, -0.25) is 4.79 Å². The Morgan fingerprint density at radius 3 is 2.56 bits per heavy atom. The topological polar surface area (TPSA) is 26.3 Å². The van der Waals surface area contributed by atoms with Crippen molar-refractivity contribution in [2.24, 2.45) is 0 Å². The maximum atomic E-state index is 13.6. The van der Waals surface area contributed by atoms with Crippen molar-refractivity contribution in [3.8, 4) is 5.75 Å². The van der Waals surface area contributed by atoms with E-state index in [1.165, 1.54) is 0 Å². The Kier molecular flexibility index (Phi) is 4.10. The summed E-state index contributed by atoms with van der Waals surface area (Å²) in [7, 11) is 0. The number of hydrogen-bond donors (Lipinski definition) is 0. The molecule has 2 aromatic rings. The average molecular weight is 309 g/mol. The van der Waals surface area contributed by atoms with Crippen LogP contribution in [0.3, 0.4) is 0 Å². The minimum Gasteiger partial charge on any atom is -0.489 e. The highest BCUT2D eigenvalue weighted by atomic mass is 79.9. The highest BCUT2D eigenvalue weighted by Gasteiger charge is 2.06. The fraction of sp³-hybridized carbons (Fsp3) is 0.0714. The number of aldehydes is 1. The molecule has 0 spiro atoms. The summed E-state index contributed by atoms with van der Waals surface area (Å²) in [5.41, 5.74) is 1.06. The first-order valence-corrected chi connectivity index (χ1v) is 6.11. The molecule has 0 saturated carbocycles. The van der Waals surface area contributed by atoms with Crippen molar-refractivity contribution in [3.05, 3.63) is 63.9 Å². The summed E-state index contributed by atoms with van der Waals surface area (Å²) in [6, 6.07) is 11.7. The summed E-state index contributed by atoms with van der Waals surface area (Å²) in [5, 5.41) is 0. The number of carbonyl (C=O) groups excluding carboxylic acids is 1. The molecule has 0 aliphatic heterocycles. The third kappa shape index (κ3) is 2.96. The van der Waals surface area contributed by atoms with Gasteiger partial charge >= 0.3 is 0 Å². The minimum absolute atomic E-state index is 0.145. The molecule has 0 aromatic heterocycles. The van der Waals surface area contributed by atoms with Crippen molar-refractivity contribution in [2.45, 2.75) is 6.61 Å². The highest BCUT2D eigenvalue weighted by Crippen LogP contribution is 2.20. The van der Waals surface area contributed by atoms with Gasteiger partial charge in [-0.05, 0) is 46.3 Å². The molecular formula is C14H10BrFO2. The first-order valence-electron chi connectivity index (χ1n) is 5.31. The Balaban J connectivity index is 2.06. The molecule has 0 bridgehead atoms. The van der Waals surface area contributed by atoms with Gasteiger partial charge in [-0.25, -0.2) is 4.39 Å². The van der Waals surface area contributed by atoms with Gasteiger partial charge in [0.15, 0.2) is 0 Å². The van der Waals surface area contributed by atoms with Crippen LogP contribution in [0.2, 0.25) is 0 Å². The molecule has 2 nitrogen and oxygen atoms in total. The molecule has 0 unspecified atom stereocenters. The van der Waals surface area contributed by atoms with Crippen LogP contribution in [0.15, 0.2) is 46.9 Å². The first kappa shape index (κ1) is 12.8. The molecule has 0 saturated heterocycles. The zero-order valence-corrected chi connectivity index (χ0v) is 11.0. The minimum atomic E-state index is -0.318. The monoisotopic (exact) mass is 308 g/mol. The predicted molar refractivity (Wildman–Crippen MR) is 70.3 cm³/mol. The van der Waals surface area contributed by atoms with E-state index in [1.807, 2.05) is 0 Å². The van der Waals surface area contributed by atoms with Gasteiger partial charge in [0.25, 0.3) is 0 Å². The first-order chi connectivity index (χ1) is 8.70. The molecule has 0 N–H and O–H groups in total. The Labute approximate surface area is 113 Å². The lowest BCUT2D eigenvalue weighted by molar-refractivity contribution is 0.112. The van der Waals surface area contributed by atoms with E-state index in [1.54, 1.807) is 42.5 Å². The maximum Gasteiger partial charge on any atom is 0.150 e. The Morgan fingerprint density at radius 2 is 1.89 bits per heavy atom. The fourth-order valence-electron chi connectivity index (χ4n) is 1.46. The summed E-state index contributed by atoms with van der Waals surface area (Å²) >= 11 is 3.12. The third-order valence-corrected chi connectivity index (χ3v) is 3.05. The average Bonchev–Trinajstić information content (AvgIpc) is 2.41. The predicted octanol–water partition coefficient (Wildman–Crippen LogP) is 3.98. The summed E-state index contributed by atoms with van der Waals surface area (Å²) < 4.78 is 19.5. The van der Waals surface area contributed by atoms with E-state index >= 15 is 0 Å². The summed E-state index contributed by atoms with van der Waals surface area (Å²) in [6.07, 6.45) is 0.762. The van der Waals surface area contributed by atoms with Crippen molar-refractivity contribution < 1.29 is 13.9 Å². The largest absolute Gasteiger partial charge is 0.489 e. The SMILES string of the molecule is O=Cc1ccc(OCc2cccc(Br)c2F)cc1. The van der Waals surface area contributed by atoms with E-state index in [0.717, 1.165) is 6.29 Å². The molecule has 0 heterocycles. The lowest BCUT2D eigenvalue weighted by Gasteiger charge is -2.08. The molecule has 2 aromatic carbocycles. The molecule has 2 rings (SSSR count). The number of benzene rings is 2. The molecule has 0 atom stereocenters. The van der Waals surface area contributed by atoms with Gasteiger partial charge < -0.3 is 4.74 Å². The lowest BCUT2D eigenvalue weighted by atomic mass is 10.2. The molecule has 4 heteroatoms. The number of hydrogen-bond acceptors (Lipinski definition) is 2. The van der Waals surface area contributed by atoms with Crippen molar-refractivity contribution in [1.82, 2.24) is 0 Å². The molecular weight excluding hydrogens is 299 g/mol. The second-order valence-corrected chi connectivity index (χ2v) is 4.54. The molecule has 0 amide bonds. The van der Waals surface area contributed by atoms with Gasteiger partial charge in [-0.2, -0.15) is 0 Å². The van der Waals surface area contributed by atoms with Gasteiger partial charge in [0.05, 0.1) is 4.47 Å². The third-order valence-electron chi connectivity index (χ3n) is 2.44. The van der Waals surface area contributed by atoms with Crippen LogP contribution in [0.25, 0.3) is 0 Å². The molecule has 0 radical (unpaired) electrons. The standard InChI is InChI=1S/C14H10BrFO2/c15-13-3-1-2-11(14(13)16)9-18-12-6-4-10(8-17)5-7-12/h1-8H,9H2. The second kappa shape index (κ2) is 5.78. The van der Waals surface area contributed by atoms with Crippen LogP contribution >= 0.6 is 15.9 Å². The van der Waals surface area contributed by atoms with E-state index in [4.69, 9.17) is 4.74 Å². The van der Waals surface area contributed by atoms with Crippen LogP contribution in [0.4, 0.5) is 4.39 Å². The smallest absolute Gasteiger partial charge is 0.150 e. The Hall–Kier alpha value is -1.68. The normalized spacial score (nSPS) is 10.1. The van der Waals surface area contributed by atoms with Crippen LogP contribution in [0.1, 0.15) is 15.9 Å². The summed E-state index contributed by atoms with van der Waals surface area (Å²) in [4.78, 5) is 10.5. The Bertz CT molecular complexity index is 552. The van der Waals surface area contributed by atoms with E-state index in [-0.39, 0.29) is 12.4 Å². The molecule has 0 fully saturated rings. The van der Waals surface area contributed by atoms with Crippen LogP contribution in [-0.2, 0) is 6.61 Å². The van der Waals surface area contributed by atoms with Gasteiger partial charge in [-0.1, -0.05) is 12.1 Å². The van der Waals surface area contributed by atoms with Crippen LogP contribution in [0.5, 0.6) is 5.75 Å². The quantitative estimate of drug-likeness (QED) is 0.799. The highest BCUT2D eigenvalue weighted by molar-refractivity contribution is 9.10. The lowest BCUT2D eigenvalue weighted by Crippen LogP contribution is -1.99. The zero-order valence-electron chi connectivity index (χ0n) is 9.40. The van der Waals surface area contributed by atoms with Gasteiger partial charge in [0, 0.05) is 11.1 Å². The van der Waals surface area contributed by atoms with E-state index in [0.29, 0.717) is 21.3 Å². The Morgan fingerprint density at radius 1 is 1.17 bits per heavy atom. The van der Waals surface area contributed by atoms with Crippen molar-refractivity contribution in [2.75, 3.05) is 0 Å². The number of rotatable bonds is 4. The number of halogens is 2. The van der Waals surface area contributed by atoms with Gasteiger partial charge in [0.1, 0.15) is 24.5 Å². The van der Waals surface area contributed by atoms with E-state index in [2.05, 4.69) is 15.9 Å². The molecule has 92 valence electrons. The van der Waals surface area contributed by atoms with E-state index in [9.17, 15) is 9.18 Å². The second-order valence-electron chi connectivity index (χ2n) is 3.69. The van der Waals surface area contributed by atoms with Gasteiger partial charge in [0.2, 0.25) is 0 Å². The zero-order chi connectivity index (χ0) is 13.0. The molecule has 0 aliphatic carbocycles. The maximum absolute atomic E-state index is 13.6. The van der Waals surface area contributed by atoms with Gasteiger partial charge in [-0.15, -0.1) is 0 Å². The van der Waals surface area contributed by atoms with E-state index < -0.39 is 0 Å². The van der Waals surface area contributed by atoms with Crippen LogP contribution in [-0.4, -0.2) is 6.29 Å². The van der Waals surface area contributed by atoms with Crippen LogP contribution in [0, 0.1) is 5.82 Å². The molecule has 18 heavy (non-hydrogen) atoms.